The molecule has 3 heterocycles. The number of para-hydroxylation sites is 1. The third kappa shape index (κ3) is 2.94. The van der Waals surface area contributed by atoms with Crippen molar-refractivity contribution < 1.29 is 14.0 Å². The number of fused-ring (bicyclic) bond motifs is 1. The predicted molar refractivity (Wildman–Crippen MR) is 99.1 cm³/mol. The molecular formula is C21H22N2O3. The molecule has 4 rings (SSSR count). The normalized spacial score (nSPS) is 17.6. The summed E-state index contributed by atoms with van der Waals surface area (Å²) in [6, 6.07) is 11.3. The zero-order chi connectivity index (χ0) is 18.1. The number of piperidine rings is 1. The number of hydrogen-bond acceptors (Lipinski definition) is 3. The average molecular weight is 350 g/mol. The van der Waals surface area contributed by atoms with Crippen molar-refractivity contribution in [3.05, 3.63) is 60.2 Å². The summed E-state index contributed by atoms with van der Waals surface area (Å²) in [6.07, 6.45) is 6.57. The summed E-state index contributed by atoms with van der Waals surface area (Å²) in [5.74, 6) is 0.252. The molecule has 2 aromatic heterocycles. The summed E-state index contributed by atoms with van der Waals surface area (Å²) in [6.45, 7) is 3.17. The molecule has 26 heavy (non-hydrogen) atoms. The molecule has 0 N–H and O–H groups in total. The van der Waals surface area contributed by atoms with E-state index in [4.69, 9.17) is 4.42 Å². The van der Waals surface area contributed by atoms with E-state index in [2.05, 4.69) is 6.92 Å². The number of carbonyl (C=O) groups excluding carboxylic acids is 2. The van der Waals surface area contributed by atoms with Gasteiger partial charge in [-0.2, -0.15) is 0 Å². The van der Waals surface area contributed by atoms with E-state index in [1.807, 2.05) is 33.7 Å². The minimum Gasteiger partial charge on any atom is -0.461 e. The molecule has 1 fully saturated rings. The van der Waals surface area contributed by atoms with E-state index in [-0.39, 0.29) is 24.3 Å². The number of hydrogen-bond donors (Lipinski definition) is 0. The molecule has 1 saturated heterocycles. The highest BCUT2D eigenvalue weighted by atomic mass is 16.3. The molecule has 1 amide bonds. The molecule has 1 atom stereocenters. The van der Waals surface area contributed by atoms with Crippen LogP contribution in [0.15, 0.2) is 53.3 Å². The lowest BCUT2D eigenvalue weighted by atomic mass is 10.0. The number of rotatable bonds is 4. The number of aromatic nitrogens is 1. The van der Waals surface area contributed by atoms with Crippen LogP contribution in [0.5, 0.6) is 0 Å². The first-order valence-electron chi connectivity index (χ1n) is 9.10. The maximum Gasteiger partial charge on any atom is 0.242 e. The quantitative estimate of drug-likeness (QED) is 0.671. The first kappa shape index (κ1) is 16.6. The Balaban J connectivity index is 1.67. The Morgan fingerprint density at radius 2 is 2.00 bits per heavy atom. The van der Waals surface area contributed by atoms with Crippen LogP contribution in [0.1, 0.15) is 42.3 Å². The molecule has 1 aromatic carbocycles. The van der Waals surface area contributed by atoms with Gasteiger partial charge in [-0.15, -0.1) is 0 Å². The van der Waals surface area contributed by atoms with Crippen LogP contribution in [-0.4, -0.2) is 33.7 Å². The first-order valence-corrected chi connectivity index (χ1v) is 9.10. The highest BCUT2D eigenvalue weighted by molar-refractivity contribution is 6.15. The molecule has 134 valence electrons. The summed E-state index contributed by atoms with van der Waals surface area (Å²) in [5.41, 5.74) is 1.45. The lowest BCUT2D eigenvalue weighted by molar-refractivity contribution is -0.135. The van der Waals surface area contributed by atoms with Crippen molar-refractivity contribution in [2.45, 2.75) is 38.8 Å². The second-order valence-corrected chi connectivity index (χ2v) is 6.93. The maximum absolute atomic E-state index is 12.8. The lowest BCUT2D eigenvalue weighted by Gasteiger charge is -2.33. The van der Waals surface area contributed by atoms with Gasteiger partial charge >= 0.3 is 0 Å². The smallest absolute Gasteiger partial charge is 0.242 e. The lowest BCUT2D eigenvalue weighted by Crippen LogP contribution is -2.43. The summed E-state index contributed by atoms with van der Waals surface area (Å²) >= 11 is 0. The van der Waals surface area contributed by atoms with Crippen molar-refractivity contribution in [3.63, 3.8) is 0 Å². The Kier molecular flexibility index (Phi) is 4.37. The molecule has 0 unspecified atom stereocenters. The summed E-state index contributed by atoms with van der Waals surface area (Å²) in [4.78, 5) is 27.6. The van der Waals surface area contributed by atoms with E-state index in [0.717, 1.165) is 30.3 Å². The number of amides is 1. The molecular weight excluding hydrogens is 328 g/mol. The van der Waals surface area contributed by atoms with Crippen LogP contribution in [0.4, 0.5) is 0 Å². The van der Waals surface area contributed by atoms with Crippen molar-refractivity contribution in [2.75, 3.05) is 6.54 Å². The first-order chi connectivity index (χ1) is 12.6. The van der Waals surface area contributed by atoms with E-state index < -0.39 is 0 Å². The van der Waals surface area contributed by atoms with Gasteiger partial charge in [-0.25, -0.2) is 0 Å². The van der Waals surface area contributed by atoms with Crippen molar-refractivity contribution in [2.24, 2.45) is 0 Å². The van der Waals surface area contributed by atoms with E-state index in [0.29, 0.717) is 11.3 Å². The van der Waals surface area contributed by atoms with Crippen LogP contribution in [0, 0.1) is 0 Å². The van der Waals surface area contributed by atoms with Crippen LogP contribution in [0.25, 0.3) is 10.9 Å². The second-order valence-electron chi connectivity index (χ2n) is 6.93. The fourth-order valence-corrected chi connectivity index (χ4v) is 3.80. The minimum absolute atomic E-state index is 0.106. The third-order valence-corrected chi connectivity index (χ3v) is 5.21. The Morgan fingerprint density at radius 1 is 1.15 bits per heavy atom. The summed E-state index contributed by atoms with van der Waals surface area (Å²) < 4.78 is 7.15. The van der Waals surface area contributed by atoms with E-state index in [9.17, 15) is 9.59 Å². The number of ketones is 1. The van der Waals surface area contributed by atoms with Crippen molar-refractivity contribution >= 4 is 22.6 Å². The number of carbonyl (C=O) groups is 2. The predicted octanol–water partition coefficient (Wildman–Crippen LogP) is 3.87. The zero-order valence-corrected chi connectivity index (χ0v) is 14.9. The van der Waals surface area contributed by atoms with E-state index in [1.54, 1.807) is 18.3 Å². The number of nitrogens with zero attached hydrogens (tertiary/aromatic N) is 2. The number of likely N-dealkylation sites (tertiary alicyclic amines) is 1. The van der Waals surface area contributed by atoms with Crippen LogP contribution in [0.3, 0.4) is 0 Å². The van der Waals surface area contributed by atoms with Crippen LogP contribution < -0.4 is 0 Å². The van der Waals surface area contributed by atoms with Gasteiger partial charge in [0.05, 0.1) is 11.8 Å². The second kappa shape index (κ2) is 6.83. The SMILES string of the molecule is C[C@@H]1CCCCN1C(=O)Cn1cc(C(=O)c2ccco2)c2ccccc21. The molecule has 0 bridgehead atoms. The molecule has 1 aliphatic rings. The van der Waals surface area contributed by atoms with Gasteiger partial charge in [0.2, 0.25) is 11.7 Å². The van der Waals surface area contributed by atoms with Crippen molar-refractivity contribution in [3.8, 4) is 0 Å². The molecule has 5 heteroatoms. The van der Waals surface area contributed by atoms with Crippen LogP contribution in [-0.2, 0) is 11.3 Å². The van der Waals surface area contributed by atoms with Gasteiger partial charge in [0.1, 0.15) is 6.54 Å². The van der Waals surface area contributed by atoms with Gasteiger partial charge in [0.25, 0.3) is 0 Å². The van der Waals surface area contributed by atoms with Gasteiger partial charge < -0.3 is 13.9 Å². The molecule has 0 radical (unpaired) electrons. The van der Waals surface area contributed by atoms with Crippen molar-refractivity contribution in [1.82, 2.24) is 9.47 Å². The standard InChI is InChI=1S/C21H22N2O3/c1-15-7-4-5-11-23(15)20(24)14-22-13-17(16-8-2-3-9-18(16)22)21(25)19-10-6-12-26-19/h2-3,6,8-10,12-13,15H,4-5,7,11,14H2,1H3/t15-/m1/s1. The Labute approximate surface area is 152 Å². The molecule has 1 aliphatic heterocycles. The summed E-state index contributed by atoms with van der Waals surface area (Å²) in [5, 5.41) is 0.841. The molecule has 0 saturated carbocycles. The number of benzene rings is 1. The monoisotopic (exact) mass is 350 g/mol. The van der Waals surface area contributed by atoms with Gasteiger partial charge in [0.15, 0.2) is 5.76 Å². The molecule has 5 nitrogen and oxygen atoms in total. The van der Waals surface area contributed by atoms with Gasteiger partial charge in [0, 0.05) is 29.7 Å². The number of furan rings is 1. The minimum atomic E-state index is -0.163. The fraction of sp³-hybridized carbons (Fsp3) is 0.333. The van der Waals surface area contributed by atoms with Crippen LogP contribution >= 0.6 is 0 Å². The Hall–Kier alpha value is -2.82. The van der Waals surface area contributed by atoms with Crippen molar-refractivity contribution in [1.29, 1.82) is 0 Å². The average Bonchev–Trinajstić information content (AvgIpc) is 3.30. The van der Waals surface area contributed by atoms with E-state index >= 15 is 0 Å². The molecule has 3 aromatic rings. The zero-order valence-electron chi connectivity index (χ0n) is 14.9. The Bertz CT molecular complexity index is 939. The maximum atomic E-state index is 12.8. The topological polar surface area (TPSA) is 55.5 Å². The Morgan fingerprint density at radius 3 is 2.77 bits per heavy atom. The molecule has 0 aliphatic carbocycles. The highest BCUT2D eigenvalue weighted by Gasteiger charge is 2.25. The third-order valence-electron chi connectivity index (χ3n) is 5.21. The van der Waals surface area contributed by atoms with Crippen LogP contribution in [0.2, 0.25) is 0 Å². The highest BCUT2D eigenvalue weighted by Crippen LogP contribution is 2.25. The largest absolute Gasteiger partial charge is 0.461 e. The van der Waals surface area contributed by atoms with Gasteiger partial charge in [-0.1, -0.05) is 18.2 Å². The summed E-state index contributed by atoms with van der Waals surface area (Å²) in [7, 11) is 0. The molecule has 0 spiro atoms. The van der Waals surface area contributed by atoms with Gasteiger partial charge in [-0.05, 0) is 44.4 Å². The fourth-order valence-electron chi connectivity index (χ4n) is 3.80. The van der Waals surface area contributed by atoms with Gasteiger partial charge in [-0.3, -0.25) is 9.59 Å². The van der Waals surface area contributed by atoms with E-state index in [1.165, 1.54) is 12.7 Å².